The summed E-state index contributed by atoms with van der Waals surface area (Å²) in [5.41, 5.74) is 0.914. The average molecular weight is 719 g/mol. The van der Waals surface area contributed by atoms with Crippen molar-refractivity contribution in [3.8, 4) is 0 Å². The Morgan fingerprint density at radius 1 is 0.520 bits per heavy atom. The van der Waals surface area contributed by atoms with Crippen molar-refractivity contribution in [3.05, 3.63) is 30.3 Å². The molecule has 50 heavy (non-hydrogen) atoms. The summed E-state index contributed by atoms with van der Waals surface area (Å²) in [5.74, 6) is 0.694. The van der Waals surface area contributed by atoms with Crippen molar-refractivity contribution >= 4 is 21.6 Å². The molecule has 1 aromatic rings. The molecule has 0 spiro atoms. The summed E-state index contributed by atoms with van der Waals surface area (Å²) in [7, 11) is -3.03. The standard InChI is InChI=1S/C44H82N2O3S/c1-3-4-5-6-7-8-9-10-12-15-18-21-24-27-31-36-42(41-44(47)46-43-38-33-30-34-39-43)37-32-28-25-22-19-16-13-11-14-17-20-23-26-29-35-40-45-50(2,48)49/h30,33-34,38-39,42,45H,3-29,31-32,35-37,40-41H2,1-2H3,(H,46,47). The van der Waals surface area contributed by atoms with Crippen LogP contribution in [0.1, 0.15) is 219 Å². The van der Waals surface area contributed by atoms with Crippen molar-refractivity contribution in [2.24, 2.45) is 5.92 Å². The molecule has 0 aliphatic rings. The van der Waals surface area contributed by atoms with Crippen LogP contribution >= 0.6 is 0 Å². The second-order valence-electron chi connectivity index (χ2n) is 15.5. The van der Waals surface area contributed by atoms with E-state index < -0.39 is 10.0 Å². The number of unbranched alkanes of at least 4 members (excludes halogenated alkanes) is 28. The van der Waals surface area contributed by atoms with Crippen molar-refractivity contribution in [1.29, 1.82) is 0 Å². The van der Waals surface area contributed by atoms with Crippen molar-refractivity contribution in [1.82, 2.24) is 4.72 Å². The number of carbonyl (C=O) groups excluding carboxylic acids is 1. The lowest BCUT2D eigenvalue weighted by molar-refractivity contribution is -0.117. The maximum absolute atomic E-state index is 12.9. The summed E-state index contributed by atoms with van der Waals surface area (Å²) in [6, 6.07) is 9.93. The van der Waals surface area contributed by atoms with Gasteiger partial charge in [-0.25, -0.2) is 13.1 Å². The third kappa shape index (κ3) is 33.7. The van der Waals surface area contributed by atoms with Gasteiger partial charge in [-0.05, 0) is 37.3 Å². The summed E-state index contributed by atoms with van der Waals surface area (Å²) in [4.78, 5) is 12.9. The van der Waals surface area contributed by atoms with E-state index in [-0.39, 0.29) is 5.91 Å². The molecule has 0 bridgehead atoms. The Bertz CT molecular complexity index is 969. The number of sulfonamides is 1. The molecule has 0 fully saturated rings. The van der Waals surface area contributed by atoms with E-state index in [0.29, 0.717) is 18.9 Å². The zero-order valence-electron chi connectivity index (χ0n) is 33.1. The van der Waals surface area contributed by atoms with Gasteiger partial charge in [-0.3, -0.25) is 4.79 Å². The number of rotatable bonds is 38. The molecule has 292 valence electrons. The molecule has 0 heterocycles. The molecule has 1 rings (SSSR count). The molecular formula is C44H82N2O3S. The van der Waals surface area contributed by atoms with Crippen LogP contribution in [0.3, 0.4) is 0 Å². The minimum atomic E-state index is -3.03. The lowest BCUT2D eigenvalue weighted by Gasteiger charge is -2.17. The fourth-order valence-corrected chi connectivity index (χ4v) is 7.78. The second kappa shape index (κ2) is 34.7. The molecular weight excluding hydrogens is 637 g/mol. The van der Waals surface area contributed by atoms with E-state index in [4.69, 9.17) is 0 Å². The summed E-state index contributed by atoms with van der Waals surface area (Å²) >= 11 is 0. The molecule has 1 unspecified atom stereocenters. The fourth-order valence-electron chi connectivity index (χ4n) is 7.26. The molecule has 1 aromatic carbocycles. The van der Waals surface area contributed by atoms with E-state index in [9.17, 15) is 13.2 Å². The first-order valence-electron chi connectivity index (χ1n) is 21.7. The maximum Gasteiger partial charge on any atom is 0.224 e. The van der Waals surface area contributed by atoms with Gasteiger partial charge in [-0.2, -0.15) is 0 Å². The van der Waals surface area contributed by atoms with Gasteiger partial charge in [0.15, 0.2) is 0 Å². The Morgan fingerprint density at radius 3 is 1.22 bits per heavy atom. The maximum atomic E-state index is 12.9. The van der Waals surface area contributed by atoms with Crippen LogP contribution in [0.5, 0.6) is 0 Å². The van der Waals surface area contributed by atoms with Gasteiger partial charge < -0.3 is 5.32 Å². The van der Waals surface area contributed by atoms with E-state index in [1.54, 1.807) is 0 Å². The van der Waals surface area contributed by atoms with Crippen LogP contribution in [-0.2, 0) is 14.8 Å². The summed E-state index contributed by atoms with van der Waals surface area (Å²) in [5, 5.41) is 3.13. The zero-order chi connectivity index (χ0) is 36.2. The van der Waals surface area contributed by atoms with E-state index in [1.807, 2.05) is 30.3 Å². The molecule has 0 saturated carbocycles. The van der Waals surface area contributed by atoms with Crippen LogP contribution in [-0.4, -0.2) is 27.1 Å². The monoisotopic (exact) mass is 719 g/mol. The number of anilines is 1. The lowest BCUT2D eigenvalue weighted by Crippen LogP contribution is -2.22. The number of nitrogens with one attached hydrogen (secondary N) is 2. The highest BCUT2D eigenvalue weighted by atomic mass is 32.2. The van der Waals surface area contributed by atoms with Crippen LogP contribution in [0.4, 0.5) is 5.69 Å². The van der Waals surface area contributed by atoms with Gasteiger partial charge in [0.1, 0.15) is 0 Å². The summed E-state index contributed by atoms with van der Waals surface area (Å²) in [6.07, 6.45) is 44.5. The summed E-state index contributed by atoms with van der Waals surface area (Å²) in [6.45, 7) is 2.87. The zero-order valence-corrected chi connectivity index (χ0v) is 34.0. The fraction of sp³-hybridized carbons (Fsp3) is 0.841. The highest BCUT2D eigenvalue weighted by Gasteiger charge is 2.14. The van der Waals surface area contributed by atoms with Gasteiger partial charge in [0, 0.05) is 18.7 Å². The second-order valence-corrected chi connectivity index (χ2v) is 17.3. The van der Waals surface area contributed by atoms with Gasteiger partial charge >= 0.3 is 0 Å². The van der Waals surface area contributed by atoms with Crippen molar-refractivity contribution < 1.29 is 13.2 Å². The first kappa shape index (κ1) is 46.6. The van der Waals surface area contributed by atoms with Gasteiger partial charge in [0.25, 0.3) is 0 Å². The molecule has 0 radical (unpaired) electrons. The van der Waals surface area contributed by atoms with E-state index in [2.05, 4.69) is 17.0 Å². The van der Waals surface area contributed by atoms with Crippen LogP contribution < -0.4 is 10.0 Å². The van der Waals surface area contributed by atoms with Crippen molar-refractivity contribution in [2.45, 2.75) is 219 Å². The number of amides is 1. The van der Waals surface area contributed by atoms with Crippen LogP contribution in [0, 0.1) is 5.92 Å². The van der Waals surface area contributed by atoms with Gasteiger partial charge in [0.2, 0.25) is 15.9 Å². The molecule has 0 aliphatic heterocycles. The molecule has 5 nitrogen and oxygen atoms in total. The Morgan fingerprint density at radius 2 is 0.860 bits per heavy atom. The molecule has 6 heteroatoms. The normalized spacial score (nSPS) is 12.4. The van der Waals surface area contributed by atoms with Crippen LogP contribution in [0.25, 0.3) is 0 Å². The molecule has 1 atom stereocenters. The number of benzene rings is 1. The number of carbonyl (C=O) groups is 1. The predicted octanol–water partition coefficient (Wildman–Crippen LogP) is 13.7. The highest BCUT2D eigenvalue weighted by Crippen LogP contribution is 2.24. The van der Waals surface area contributed by atoms with E-state index in [0.717, 1.165) is 18.5 Å². The molecule has 0 saturated heterocycles. The largest absolute Gasteiger partial charge is 0.326 e. The van der Waals surface area contributed by atoms with Crippen LogP contribution in [0.2, 0.25) is 0 Å². The Balaban J connectivity index is 2.07. The summed E-state index contributed by atoms with van der Waals surface area (Å²) < 4.78 is 24.7. The Labute approximate surface area is 311 Å². The minimum Gasteiger partial charge on any atom is -0.326 e. The number of hydrogen-bond acceptors (Lipinski definition) is 3. The average Bonchev–Trinajstić information content (AvgIpc) is 3.09. The number of para-hydroxylation sites is 1. The molecule has 0 aliphatic carbocycles. The van der Waals surface area contributed by atoms with Gasteiger partial charge in [0.05, 0.1) is 6.26 Å². The first-order chi connectivity index (χ1) is 24.4. The smallest absolute Gasteiger partial charge is 0.224 e. The number of hydrogen-bond donors (Lipinski definition) is 2. The van der Waals surface area contributed by atoms with Gasteiger partial charge in [-0.1, -0.05) is 211 Å². The lowest BCUT2D eigenvalue weighted by atomic mass is 9.91. The molecule has 2 N–H and O–H groups in total. The molecule has 0 aromatic heterocycles. The van der Waals surface area contributed by atoms with E-state index >= 15 is 0 Å². The van der Waals surface area contributed by atoms with Crippen LogP contribution in [0.15, 0.2) is 30.3 Å². The highest BCUT2D eigenvalue weighted by molar-refractivity contribution is 7.88. The Kier molecular flexibility index (Phi) is 32.3. The Hall–Kier alpha value is -1.40. The van der Waals surface area contributed by atoms with Gasteiger partial charge in [-0.15, -0.1) is 0 Å². The third-order valence-corrected chi connectivity index (χ3v) is 11.1. The van der Waals surface area contributed by atoms with Crippen molar-refractivity contribution in [3.63, 3.8) is 0 Å². The topological polar surface area (TPSA) is 75.3 Å². The van der Waals surface area contributed by atoms with Crippen molar-refractivity contribution in [2.75, 3.05) is 18.1 Å². The SMILES string of the molecule is CCCCCCCCCCCCCCCCCC(CCCCCCCCCCCCCCCCCNS(C)(=O)=O)CC(=O)Nc1ccccc1. The minimum absolute atomic E-state index is 0.182. The third-order valence-electron chi connectivity index (χ3n) is 10.4. The van der Waals surface area contributed by atoms with E-state index in [1.165, 1.54) is 199 Å². The molecule has 1 amide bonds. The quantitative estimate of drug-likeness (QED) is 0.0668. The predicted molar refractivity (Wildman–Crippen MR) is 219 cm³/mol. The first-order valence-corrected chi connectivity index (χ1v) is 23.6.